The fraction of sp³-hybridized carbons (Fsp3) is 0.118. The van der Waals surface area contributed by atoms with Crippen LogP contribution in [0.3, 0.4) is 0 Å². The fourth-order valence-electron chi connectivity index (χ4n) is 2.15. The van der Waals surface area contributed by atoms with Gasteiger partial charge in [0.1, 0.15) is 11.6 Å². The van der Waals surface area contributed by atoms with E-state index in [9.17, 15) is 8.78 Å². The van der Waals surface area contributed by atoms with Crippen LogP contribution in [0.25, 0.3) is 10.9 Å². The first-order valence-electron chi connectivity index (χ1n) is 6.66. The average Bonchev–Trinajstić information content (AvgIpc) is 2.83. The summed E-state index contributed by atoms with van der Waals surface area (Å²) in [5.74, 6) is -1.32. The van der Waals surface area contributed by atoms with E-state index in [1.807, 2.05) is 6.07 Å². The second kappa shape index (κ2) is 6.85. The lowest BCUT2D eigenvalue weighted by Gasteiger charge is -2.02. The number of aromatic nitrogens is 1. The number of hydrogen-bond donors (Lipinski definition) is 2. The molecule has 0 saturated heterocycles. The van der Waals surface area contributed by atoms with Crippen LogP contribution in [0.2, 0.25) is 0 Å². The predicted octanol–water partition coefficient (Wildman–Crippen LogP) is 4.13. The highest BCUT2D eigenvalue weighted by Crippen LogP contribution is 2.22. The zero-order valence-electron chi connectivity index (χ0n) is 11.9. The van der Waals surface area contributed by atoms with Gasteiger partial charge in [0.05, 0.1) is 0 Å². The molecule has 0 bridgehead atoms. The van der Waals surface area contributed by atoms with Gasteiger partial charge in [-0.2, -0.15) is 0 Å². The smallest absolute Gasteiger partial charge is 0.300 e. The number of rotatable bonds is 2. The SMILES string of the molecule is CC(=O)O.Fc1ccc2c(Cc3ccccc3F)c[nH]c2c1. The highest BCUT2D eigenvalue weighted by atomic mass is 19.1. The van der Waals surface area contributed by atoms with Gasteiger partial charge in [-0.1, -0.05) is 18.2 Å². The van der Waals surface area contributed by atoms with Crippen molar-refractivity contribution < 1.29 is 18.7 Å². The van der Waals surface area contributed by atoms with Crippen molar-refractivity contribution in [2.45, 2.75) is 13.3 Å². The van der Waals surface area contributed by atoms with Crippen LogP contribution in [0.1, 0.15) is 18.1 Å². The Hall–Kier alpha value is -2.69. The number of carbonyl (C=O) groups is 1. The lowest BCUT2D eigenvalue weighted by Crippen LogP contribution is -1.91. The number of benzene rings is 2. The predicted molar refractivity (Wildman–Crippen MR) is 80.8 cm³/mol. The number of fused-ring (bicyclic) bond motifs is 1. The highest BCUT2D eigenvalue weighted by molar-refractivity contribution is 5.83. The molecule has 0 unspecified atom stereocenters. The molecular formula is C17H15F2NO2. The van der Waals surface area contributed by atoms with Crippen LogP contribution in [0.4, 0.5) is 8.78 Å². The first kappa shape index (κ1) is 15.7. The van der Waals surface area contributed by atoms with E-state index in [2.05, 4.69) is 4.98 Å². The van der Waals surface area contributed by atoms with Crippen LogP contribution >= 0.6 is 0 Å². The maximum atomic E-state index is 13.6. The number of hydrogen-bond acceptors (Lipinski definition) is 1. The summed E-state index contributed by atoms with van der Waals surface area (Å²) >= 11 is 0. The van der Waals surface area contributed by atoms with E-state index in [1.54, 1.807) is 24.4 Å². The van der Waals surface area contributed by atoms with E-state index in [0.717, 1.165) is 23.4 Å². The van der Waals surface area contributed by atoms with E-state index in [4.69, 9.17) is 9.90 Å². The second-order valence-electron chi connectivity index (χ2n) is 4.79. The Labute approximate surface area is 126 Å². The molecule has 1 heterocycles. The number of halogens is 2. The maximum Gasteiger partial charge on any atom is 0.300 e. The summed E-state index contributed by atoms with van der Waals surface area (Å²) in [5, 5.41) is 8.35. The Kier molecular flexibility index (Phi) is 4.88. The zero-order chi connectivity index (χ0) is 16.1. The third-order valence-corrected chi connectivity index (χ3v) is 3.07. The molecule has 0 atom stereocenters. The molecule has 1 aromatic heterocycles. The standard InChI is InChI=1S/C15H11F2N.C2H4O2/c16-12-5-6-13-11(9-18-15(13)8-12)7-10-3-1-2-4-14(10)17;1-2(3)4/h1-6,8-9,18H,7H2;1H3,(H,3,4). The molecule has 3 rings (SSSR count). The van der Waals surface area contributed by atoms with Gasteiger partial charge >= 0.3 is 0 Å². The van der Waals surface area contributed by atoms with Gasteiger partial charge in [-0.05, 0) is 35.4 Å². The van der Waals surface area contributed by atoms with Gasteiger partial charge in [0, 0.05) is 30.4 Å². The minimum absolute atomic E-state index is 0.214. The average molecular weight is 303 g/mol. The molecule has 114 valence electrons. The molecule has 0 spiro atoms. The Morgan fingerprint density at radius 1 is 1.14 bits per heavy atom. The molecule has 2 aromatic carbocycles. The Morgan fingerprint density at radius 2 is 1.82 bits per heavy atom. The van der Waals surface area contributed by atoms with Crippen LogP contribution in [0.15, 0.2) is 48.7 Å². The molecule has 0 aliphatic carbocycles. The third-order valence-electron chi connectivity index (χ3n) is 3.07. The van der Waals surface area contributed by atoms with Gasteiger partial charge in [0.15, 0.2) is 0 Å². The topological polar surface area (TPSA) is 53.1 Å². The maximum absolute atomic E-state index is 13.6. The molecule has 2 N–H and O–H groups in total. The van der Waals surface area contributed by atoms with E-state index in [1.165, 1.54) is 18.2 Å². The fourth-order valence-corrected chi connectivity index (χ4v) is 2.15. The van der Waals surface area contributed by atoms with Crippen LogP contribution in [-0.2, 0) is 11.2 Å². The lowest BCUT2D eigenvalue weighted by atomic mass is 10.0. The molecule has 22 heavy (non-hydrogen) atoms. The third kappa shape index (κ3) is 3.91. The highest BCUT2D eigenvalue weighted by Gasteiger charge is 2.07. The normalized spacial score (nSPS) is 10.1. The van der Waals surface area contributed by atoms with Gasteiger partial charge in [0.25, 0.3) is 5.97 Å². The van der Waals surface area contributed by atoms with Crippen LogP contribution in [0.5, 0.6) is 0 Å². The number of carboxylic acid groups (broad SMARTS) is 1. The van der Waals surface area contributed by atoms with Crippen LogP contribution < -0.4 is 0 Å². The number of nitrogens with one attached hydrogen (secondary N) is 1. The van der Waals surface area contributed by atoms with Crippen molar-refractivity contribution >= 4 is 16.9 Å². The van der Waals surface area contributed by atoms with Crippen LogP contribution in [-0.4, -0.2) is 16.1 Å². The number of carboxylic acids is 1. The van der Waals surface area contributed by atoms with Gasteiger partial charge in [0.2, 0.25) is 0 Å². The minimum atomic E-state index is -0.833. The van der Waals surface area contributed by atoms with Crippen molar-refractivity contribution in [2.75, 3.05) is 0 Å². The molecule has 0 aliphatic heterocycles. The van der Waals surface area contributed by atoms with E-state index < -0.39 is 5.97 Å². The van der Waals surface area contributed by atoms with Gasteiger partial charge < -0.3 is 10.1 Å². The molecule has 0 amide bonds. The molecule has 0 radical (unpaired) electrons. The summed E-state index contributed by atoms with van der Waals surface area (Å²) in [6.07, 6.45) is 2.30. The summed E-state index contributed by atoms with van der Waals surface area (Å²) < 4.78 is 26.6. The number of aliphatic carboxylic acids is 1. The van der Waals surface area contributed by atoms with Crippen molar-refractivity contribution in [3.8, 4) is 0 Å². The molecule has 0 fully saturated rings. The van der Waals surface area contributed by atoms with Crippen molar-refractivity contribution in [3.05, 3.63) is 71.4 Å². The molecule has 5 heteroatoms. The van der Waals surface area contributed by atoms with Crippen molar-refractivity contribution in [2.24, 2.45) is 0 Å². The van der Waals surface area contributed by atoms with Gasteiger partial charge in [-0.25, -0.2) is 8.78 Å². The molecular weight excluding hydrogens is 288 g/mol. The summed E-state index contributed by atoms with van der Waals surface area (Å²) in [5.41, 5.74) is 2.35. The largest absolute Gasteiger partial charge is 0.481 e. The van der Waals surface area contributed by atoms with E-state index >= 15 is 0 Å². The Morgan fingerprint density at radius 3 is 2.50 bits per heavy atom. The number of H-pyrrole nitrogens is 1. The van der Waals surface area contributed by atoms with Crippen molar-refractivity contribution in [1.82, 2.24) is 4.98 Å². The summed E-state index contributed by atoms with van der Waals surface area (Å²) in [4.78, 5) is 12.0. The van der Waals surface area contributed by atoms with E-state index in [0.29, 0.717) is 12.0 Å². The number of aromatic amines is 1. The van der Waals surface area contributed by atoms with Gasteiger partial charge in [-0.15, -0.1) is 0 Å². The zero-order valence-corrected chi connectivity index (χ0v) is 11.9. The lowest BCUT2D eigenvalue weighted by molar-refractivity contribution is -0.134. The first-order valence-corrected chi connectivity index (χ1v) is 6.66. The van der Waals surface area contributed by atoms with Crippen molar-refractivity contribution in [3.63, 3.8) is 0 Å². The van der Waals surface area contributed by atoms with Crippen molar-refractivity contribution in [1.29, 1.82) is 0 Å². The van der Waals surface area contributed by atoms with Gasteiger partial charge in [-0.3, -0.25) is 4.79 Å². The van der Waals surface area contributed by atoms with Crippen LogP contribution in [0, 0.1) is 11.6 Å². The minimum Gasteiger partial charge on any atom is -0.481 e. The Balaban J connectivity index is 0.000000396. The Bertz CT molecular complexity index is 792. The molecule has 0 aliphatic rings. The quantitative estimate of drug-likeness (QED) is 0.748. The second-order valence-corrected chi connectivity index (χ2v) is 4.79. The summed E-state index contributed by atoms with van der Waals surface area (Å²) in [6, 6.07) is 11.3. The molecule has 0 saturated carbocycles. The monoisotopic (exact) mass is 303 g/mol. The molecule has 3 aromatic rings. The summed E-state index contributed by atoms with van der Waals surface area (Å²) in [6.45, 7) is 1.08. The summed E-state index contributed by atoms with van der Waals surface area (Å²) in [7, 11) is 0. The molecule has 3 nitrogen and oxygen atoms in total. The first-order chi connectivity index (χ1) is 10.5. The van der Waals surface area contributed by atoms with E-state index in [-0.39, 0.29) is 11.6 Å².